The molecule has 150 valence electrons. The molecule has 3 amide bonds. The molecule has 3 aromatic rings. The van der Waals surface area contributed by atoms with E-state index in [2.05, 4.69) is 20.9 Å². The molecule has 3 N–H and O–H groups in total. The Morgan fingerprint density at radius 1 is 1.10 bits per heavy atom. The Hall–Kier alpha value is -3.35. The van der Waals surface area contributed by atoms with Crippen LogP contribution in [-0.4, -0.2) is 28.5 Å². The van der Waals surface area contributed by atoms with Crippen LogP contribution < -0.4 is 16.0 Å². The molecule has 0 aliphatic heterocycles. The molecule has 0 radical (unpaired) electrons. The van der Waals surface area contributed by atoms with Crippen molar-refractivity contribution in [3.8, 4) is 0 Å². The van der Waals surface area contributed by atoms with Crippen molar-refractivity contribution in [2.45, 2.75) is 31.2 Å². The molecule has 0 unspecified atom stereocenters. The maximum Gasteiger partial charge on any atom is 0.318 e. The second-order valence-corrected chi connectivity index (χ2v) is 7.48. The second-order valence-electron chi connectivity index (χ2n) is 7.48. The number of carbonyl (C=O) groups is 2. The fourth-order valence-corrected chi connectivity index (χ4v) is 3.93. The van der Waals surface area contributed by atoms with Crippen molar-refractivity contribution in [1.29, 1.82) is 0 Å². The Morgan fingerprint density at radius 2 is 1.83 bits per heavy atom. The fraction of sp³-hybridized carbons (Fsp3) is 0.318. The number of amides is 3. The van der Waals surface area contributed by atoms with Crippen molar-refractivity contribution in [1.82, 2.24) is 20.2 Å². The molecule has 1 saturated carbocycles. The van der Waals surface area contributed by atoms with E-state index in [9.17, 15) is 9.59 Å². The molecule has 4 rings (SSSR count). The zero-order chi connectivity index (χ0) is 20.4. The van der Waals surface area contributed by atoms with Crippen LogP contribution in [0.1, 0.15) is 30.7 Å². The van der Waals surface area contributed by atoms with Crippen LogP contribution in [0, 0.1) is 0 Å². The number of nitrogens with zero attached hydrogens (tertiary/aromatic N) is 2. The SMILES string of the molecule is CNC(=O)Nc1ccc(C2(C(=O)NCc3nc4ccccc4n3C)CCC2)cc1. The number of anilines is 1. The predicted molar refractivity (Wildman–Crippen MR) is 113 cm³/mol. The first-order valence-electron chi connectivity index (χ1n) is 9.81. The van der Waals surface area contributed by atoms with Gasteiger partial charge in [-0.05, 0) is 42.7 Å². The number of hydrogen-bond acceptors (Lipinski definition) is 3. The third-order valence-corrected chi connectivity index (χ3v) is 5.85. The lowest BCUT2D eigenvalue weighted by Gasteiger charge is -2.40. The Balaban J connectivity index is 1.48. The van der Waals surface area contributed by atoms with Gasteiger partial charge in [0, 0.05) is 19.8 Å². The Morgan fingerprint density at radius 3 is 2.45 bits per heavy atom. The quantitative estimate of drug-likeness (QED) is 0.625. The standard InChI is InChI=1S/C22H25N5O2/c1-23-21(29)25-16-10-8-15(9-11-16)22(12-5-13-22)20(28)24-14-19-26-17-6-3-4-7-18(17)27(19)2/h3-4,6-11H,5,12-14H2,1-2H3,(H,24,28)(H2,23,25,29). The maximum atomic E-state index is 13.1. The summed E-state index contributed by atoms with van der Waals surface area (Å²) in [5, 5.41) is 8.36. The van der Waals surface area contributed by atoms with Gasteiger partial charge in [-0.2, -0.15) is 0 Å². The van der Waals surface area contributed by atoms with E-state index in [1.54, 1.807) is 7.05 Å². The van der Waals surface area contributed by atoms with Crippen LogP contribution in [0.2, 0.25) is 0 Å². The molecule has 0 spiro atoms. The number of rotatable bonds is 5. The number of benzene rings is 2. The lowest BCUT2D eigenvalue weighted by atomic mass is 9.64. The lowest BCUT2D eigenvalue weighted by Crippen LogP contribution is -2.49. The normalized spacial score (nSPS) is 14.8. The molecule has 1 heterocycles. The van der Waals surface area contributed by atoms with E-state index in [4.69, 9.17) is 0 Å². The summed E-state index contributed by atoms with van der Waals surface area (Å²) < 4.78 is 2.02. The van der Waals surface area contributed by atoms with E-state index in [1.165, 1.54) is 0 Å². The van der Waals surface area contributed by atoms with Crippen molar-refractivity contribution in [2.24, 2.45) is 7.05 Å². The van der Waals surface area contributed by atoms with Gasteiger partial charge in [0.2, 0.25) is 5.91 Å². The minimum Gasteiger partial charge on any atom is -0.348 e. The molecular weight excluding hydrogens is 366 g/mol. The van der Waals surface area contributed by atoms with Crippen LogP contribution >= 0.6 is 0 Å². The van der Waals surface area contributed by atoms with E-state index in [0.29, 0.717) is 12.2 Å². The molecule has 1 aromatic heterocycles. The summed E-state index contributed by atoms with van der Waals surface area (Å²) >= 11 is 0. The smallest absolute Gasteiger partial charge is 0.318 e. The van der Waals surface area contributed by atoms with Crippen LogP contribution in [0.5, 0.6) is 0 Å². The van der Waals surface area contributed by atoms with Crippen LogP contribution in [0.15, 0.2) is 48.5 Å². The summed E-state index contributed by atoms with van der Waals surface area (Å²) in [6.45, 7) is 0.391. The summed E-state index contributed by atoms with van der Waals surface area (Å²) in [5.74, 6) is 0.863. The van der Waals surface area contributed by atoms with Crippen molar-refractivity contribution >= 4 is 28.7 Å². The zero-order valence-electron chi connectivity index (χ0n) is 16.7. The second kappa shape index (κ2) is 7.58. The molecular formula is C22H25N5O2. The highest BCUT2D eigenvalue weighted by Gasteiger charge is 2.45. The van der Waals surface area contributed by atoms with Crippen LogP contribution in [0.4, 0.5) is 10.5 Å². The first-order chi connectivity index (χ1) is 14.0. The summed E-state index contributed by atoms with van der Waals surface area (Å²) in [6.07, 6.45) is 2.67. The summed E-state index contributed by atoms with van der Waals surface area (Å²) in [6, 6.07) is 15.2. The summed E-state index contributed by atoms with van der Waals surface area (Å²) in [7, 11) is 3.54. The minimum absolute atomic E-state index is 0.0304. The van der Waals surface area contributed by atoms with Crippen molar-refractivity contribution in [3.05, 3.63) is 59.9 Å². The Kier molecular flexibility index (Phi) is 4.96. The third-order valence-electron chi connectivity index (χ3n) is 5.85. The molecule has 29 heavy (non-hydrogen) atoms. The number of para-hydroxylation sites is 2. The molecule has 1 fully saturated rings. The van der Waals surface area contributed by atoms with E-state index in [-0.39, 0.29) is 11.9 Å². The van der Waals surface area contributed by atoms with Gasteiger partial charge in [-0.3, -0.25) is 4.79 Å². The molecule has 7 heteroatoms. The maximum absolute atomic E-state index is 13.1. The van der Waals surface area contributed by atoms with Crippen LogP contribution in [0.3, 0.4) is 0 Å². The number of fused-ring (bicyclic) bond motifs is 1. The molecule has 7 nitrogen and oxygen atoms in total. The number of urea groups is 1. The van der Waals surface area contributed by atoms with Gasteiger partial charge in [-0.15, -0.1) is 0 Å². The van der Waals surface area contributed by atoms with Crippen LogP contribution in [0.25, 0.3) is 11.0 Å². The number of hydrogen-bond donors (Lipinski definition) is 3. The average molecular weight is 391 g/mol. The highest BCUT2D eigenvalue weighted by molar-refractivity contribution is 5.91. The van der Waals surface area contributed by atoms with Gasteiger partial charge in [0.1, 0.15) is 5.82 Å². The molecule has 1 aliphatic carbocycles. The Labute approximate surface area is 169 Å². The Bertz CT molecular complexity index is 1050. The molecule has 2 aromatic carbocycles. The van der Waals surface area contributed by atoms with Gasteiger partial charge in [0.05, 0.1) is 23.0 Å². The number of carbonyl (C=O) groups excluding carboxylic acids is 2. The van der Waals surface area contributed by atoms with Gasteiger partial charge < -0.3 is 20.5 Å². The zero-order valence-corrected chi connectivity index (χ0v) is 16.7. The first kappa shape index (κ1) is 19.0. The van der Waals surface area contributed by atoms with Gasteiger partial charge in [-0.1, -0.05) is 30.7 Å². The molecule has 0 atom stereocenters. The number of aryl methyl sites for hydroxylation is 1. The van der Waals surface area contributed by atoms with Crippen LogP contribution in [-0.2, 0) is 23.8 Å². The van der Waals surface area contributed by atoms with E-state index >= 15 is 0 Å². The lowest BCUT2D eigenvalue weighted by molar-refractivity contribution is -0.130. The largest absolute Gasteiger partial charge is 0.348 e. The number of aromatic nitrogens is 2. The third kappa shape index (κ3) is 3.44. The highest BCUT2D eigenvalue weighted by atomic mass is 16.2. The van der Waals surface area contributed by atoms with Gasteiger partial charge in [-0.25, -0.2) is 9.78 Å². The predicted octanol–water partition coefficient (Wildman–Crippen LogP) is 3.06. The van der Waals surface area contributed by atoms with Gasteiger partial charge in [0.25, 0.3) is 0 Å². The summed E-state index contributed by atoms with van der Waals surface area (Å²) in [5.41, 5.74) is 3.15. The van der Waals surface area contributed by atoms with E-state index in [0.717, 1.165) is 41.7 Å². The topological polar surface area (TPSA) is 88.1 Å². The molecule has 0 saturated heterocycles. The average Bonchev–Trinajstić information content (AvgIpc) is 3.02. The monoisotopic (exact) mass is 391 g/mol. The highest BCUT2D eigenvalue weighted by Crippen LogP contribution is 2.44. The van der Waals surface area contributed by atoms with E-state index in [1.807, 2.05) is 60.1 Å². The fourth-order valence-electron chi connectivity index (χ4n) is 3.93. The number of imidazole rings is 1. The minimum atomic E-state index is -0.504. The van der Waals surface area contributed by atoms with E-state index < -0.39 is 5.41 Å². The number of nitrogens with one attached hydrogen (secondary N) is 3. The molecule has 1 aliphatic rings. The first-order valence-corrected chi connectivity index (χ1v) is 9.81. The van der Waals surface area contributed by atoms with Crippen molar-refractivity contribution in [3.63, 3.8) is 0 Å². The van der Waals surface area contributed by atoms with Crippen molar-refractivity contribution < 1.29 is 9.59 Å². The van der Waals surface area contributed by atoms with Crippen molar-refractivity contribution in [2.75, 3.05) is 12.4 Å². The van der Waals surface area contributed by atoms with Gasteiger partial charge in [0.15, 0.2) is 0 Å². The summed E-state index contributed by atoms with van der Waals surface area (Å²) in [4.78, 5) is 29.2. The van der Waals surface area contributed by atoms with Gasteiger partial charge >= 0.3 is 6.03 Å². The molecule has 0 bridgehead atoms.